The third-order valence-electron chi connectivity index (χ3n) is 1.80. The fourth-order valence-electron chi connectivity index (χ4n) is 1.12. The van der Waals surface area contributed by atoms with Gasteiger partial charge in [-0.25, -0.2) is 4.79 Å². The summed E-state index contributed by atoms with van der Waals surface area (Å²) in [5.74, 6) is -0.279. The van der Waals surface area contributed by atoms with Gasteiger partial charge in [-0.15, -0.1) is 11.3 Å². The predicted molar refractivity (Wildman–Crippen MR) is 63.4 cm³/mol. The summed E-state index contributed by atoms with van der Waals surface area (Å²) in [4.78, 5) is 13.1. The highest BCUT2D eigenvalue weighted by molar-refractivity contribution is 9.10. The number of rotatable bonds is 5. The molecule has 1 heterocycles. The zero-order valence-corrected chi connectivity index (χ0v) is 10.9. The smallest absolute Gasteiger partial charge is 0.348 e. The molecule has 0 unspecified atom stereocenters. The molecule has 0 saturated carbocycles. The zero-order valence-electron chi connectivity index (χ0n) is 8.46. The number of carbonyl (C=O) groups is 1. The Morgan fingerprint density at radius 1 is 1.67 bits per heavy atom. The Bertz CT molecular complexity index is 335. The topological polar surface area (TPSA) is 46.5 Å². The molecule has 0 radical (unpaired) electrons. The summed E-state index contributed by atoms with van der Waals surface area (Å²) in [5.41, 5.74) is 0. The van der Waals surface area contributed by atoms with Crippen LogP contribution >= 0.6 is 27.3 Å². The van der Waals surface area contributed by atoms with Gasteiger partial charge >= 0.3 is 5.97 Å². The molecular formula is C10H13BrO3S. The molecule has 1 aromatic rings. The summed E-state index contributed by atoms with van der Waals surface area (Å²) in [6.45, 7) is 2.34. The van der Waals surface area contributed by atoms with Crippen LogP contribution < -0.4 is 0 Å². The van der Waals surface area contributed by atoms with Crippen molar-refractivity contribution in [3.05, 3.63) is 20.3 Å². The van der Waals surface area contributed by atoms with E-state index in [1.807, 2.05) is 0 Å². The second-order valence-electron chi connectivity index (χ2n) is 2.93. The summed E-state index contributed by atoms with van der Waals surface area (Å²) in [5, 5.41) is 8.72. The lowest BCUT2D eigenvalue weighted by molar-refractivity contribution is 0.0532. The molecule has 5 heteroatoms. The van der Waals surface area contributed by atoms with Crippen molar-refractivity contribution < 1.29 is 14.6 Å². The summed E-state index contributed by atoms with van der Waals surface area (Å²) >= 11 is 4.80. The molecule has 0 aliphatic carbocycles. The molecule has 84 valence electrons. The van der Waals surface area contributed by atoms with Crippen molar-refractivity contribution >= 4 is 33.2 Å². The van der Waals surface area contributed by atoms with Gasteiger partial charge in [-0.3, -0.25) is 0 Å². The van der Waals surface area contributed by atoms with Gasteiger partial charge in [0.1, 0.15) is 4.88 Å². The van der Waals surface area contributed by atoms with Crippen LogP contribution in [0.2, 0.25) is 0 Å². The molecule has 0 spiro atoms. The van der Waals surface area contributed by atoms with Gasteiger partial charge in [-0.05, 0) is 41.8 Å². The van der Waals surface area contributed by atoms with Crippen LogP contribution in [0.4, 0.5) is 0 Å². The lowest BCUT2D eigenvalue weighted by atomic mass is 10.3. The van der Waals surface area contributed by atoms with Crippen molar-refractivity contribution in [2.45, 2.75) is 19.8 Å². The van der Waals surface area contributed by atoms with Gasteiger partial charge < -0.3 is 9.84 Å². The van der Waals surface area contributed by atoms with Crippen molar-refractivity contribution in [3.63, 3.8) is 0 Å². The van der Waals surface area contributed by atoms with Crippen molar-refractivity contribution in [1.82, 2.24) is 0 Å². The highest BCUT2D eigenvalue weighted by Crippen LogP contribution is 2.29. The van der Waals surface area contributed by atoms with Crippen LogP contribution in [0.5, 0.6) is 0 Å². The number of thiophene rings is 1. The Hall–Kier alpha value is -0.390. The minimum atomic E-state index is -0.279. The van der Waals surface area contributed by atoms with Crippen LogP contribution in [-0.2, 0) is 11.2 Å². The number of ether oxygens (including phenoxy) is 1. The monoisotopic (exact) mass is 292 g/mol. The Kier molecular flexibility index (Phi) is 5.28. The molecule has 1 N–H and O–H groups in total. The Morgan fingerprint density at radius 2 is 2.40 bits per heavy atom. The van der Waals surface area contributed by atoms with Crippen molar-refractivity contribution in [2.24, 2.45) is 0 Å². The minimum absolute atomic E-state index is 0.166. The van der Waals surface area contributed by atoms with E-state index in [-0.39, 0.29) is 12.6 Å². The number of aryl methyl sites for hydroxylation is 1. The molecule has 0 fully saturated rings. The van der Waals surface area contributed by atoms with E-state index in [1.165, 1.54) is 11.3 Å². The van der Waals surface area contributed by atoms with Crippen molar-refractivity contribution in [3.8, 4) is 0 Å². The molecule has 1 rings (SSSR count). The van der Waals surface area contributed by atoms with E-state index in [2.05, 4.69) is 15.9 Å². The van der Waals surface area contributed by atoms with Crippen LogP contribution in [0.3, 0.4) is 0 Å². The Morgan fingerprint density at radius 3 is 3.00 bits per heavy atom. The van der Waals surface area contributed by atoms with E-state index < -0.39 is 0 Å². The van der Waals surface area contributed by atoms with Gasteiger partial charge in [0.05, 0.1) is 6.61 Å². The van der Waals surface area contributed by atoms with Crippen LogP contribution in [0.25, 0.3) is 0 Å². The van der Waals surface area contributed by atoms with E-state index in [0.29, 0.717) is 17.9 Å². The van der Waals surface area contributed by atoms with Crippen molar-refractivity contribution in [2.75, 3.05) is 13.2 Å². The zero-order chi connectivity index (χ0) is 11.3. The SMILES string of the molecule is CCOC(=O)c1cc(Br)c(CCCO)s1. The van der Waals surface area contributed by atoms with Crippen LogP contribution in [0.1, 0.15) is 27.9 Å². The highest BCUT2D eigenvalue weighted by Gasteiger charge is 2.13. The third-order valence-corrected chi connectivity index (χ3v) is 3.94. The van der Waals surface area contributed by atoms with Gasteiger partial charge in [0.15, 0.2) is 0 Å². The van der Waals surface area contributed by atoms with Crippen LogP contribution in [-0.4, -0.2) is 24.3 Å². The second kappa shape index (κ2) is 6.25. The maximum absolute atomic E-state index is 11.4. The summed E-state index contributed by atoms with van der Waals surface area (Å²) in [6, 6.07) is 1.77. The quantitative estimate of drug-likeness (QED) is 0.849. The molecule has 0 bridgehead atoms. The Labute approximate surface area is 101 Å². The lowest BCUT2D eigenvalue weighted by Gasteiger charge is -1.96. The maximum Gasteiger partial charge on any atom is 0.348 e. The number of esters is 1. The fraction of sp³-hybridized carbons (Fsp3) is 0.500. The van der Waals surface area contributed by atoms with Crippen LogP contribution in [0, 0.1) is 0 Å². The van der Waals surface area contributed by atoms with Gasteiger partial charge in [0, 0.05) is 16.0 Å². The van der Waals surface area contributed by atoms with E-state index in [1.54, 1.807) is 13.0 Å². The number of hydrogen-bond donors (Lipinski definition) is 1. The third kappa shape index (κ3) is 3.59. The molecule has 0 saturated heterocycles. The van der Waals surface area contributed by atoms with E-state index in [4.69, 9.17) is 9.84 Å². The van der Waals surface area contributed by atoms with E-state index >= 15 is 0 Å². The predicted octanol–water partition coefficient (Wildman–Crippen LogP) is 2.61. The van der Waals surface area contributed by atoms with Gasteiger partial charge in [-0.2, -0.15) is 0 Å². The molecule has 3 nitrogen and oxygen atoms in total. The molecular weight excluding hydrogens is 280 g/mol. The molecule has 0 amide bonds. The second-order valence-corrected chi connectivity index (χ2v) is 4.92. The molecule has 15 heavy (non-hydrogen) atoms. The van der Waals surface area contributed by atoms with E-state index in [9.17, 15) is 4.79 Å². The molecule has 1 aromatic heterocycles. The first-order valence-corrected chi connectivity index (χ1v) is 6.36. The Balaban J connectivity index is 2.71. The van der Waals surface area contributed by atoms with E-state index in [0.717, 1.165) is 15.8 Å². The first kappa shape index (κ1) is 12.7. The number of halogens is 1. The average Bonchev–Trinajstić information content (AvgIpc) is 2.57. The summed E-state index contributed by atoms with van der Waals surface area (Å²) < 4.78 is 5.82. The lowest BCUT2D eigenvalue weighted by Crippen LogP contribution is -2.01. The normalized spacial score (nSPS) is 10.3. The van der Waals surface area contributed by atoms with Crippen molar-refractivity contribution in [1.29, 1.82) is 0 Å². The number of carbonyl (C=O) groups excluding carboxylic acids is 1. The fourth-order valence-corrected chi connectivity index (χ4v) is 2.93. The molecule has 0 aromatic carbocycles. The number of aliphatic hydroxyl groups is 1. The number of hydrogen-bond acceptors (Lipinski definition) is 4. The van der Waals surface area contributed by atoms with Gasteiger partial charge in [-0.1, -0.05) is 0 Å². The van der Waals surface area contributed by atoms with Crippen LogP contribution in [0.15, 0.2) is 10.5 Å². The highest BCUT2D eigenvalue weighted by atomic mass is 79.9. The molecule has 0 aliphatic heterocycles. The first-order valence-electron chi connectivity index (χ1n) is 4.75. The molecule has 0 aliphatic rings. The van der Waals surface area contributed by atoms with Gasteiger partial charge in [0.25, 0.3) is 0 Å². The largest absolute Gasteiger partial charge is 0.462 e. The number of aliphatic hydroxyl groups excluding tert-OH is 1. The maximum atomic E-state index is 11.4. The summed E-state index contributed by atoms with van der Waals surface area (Å²) in [6.07, 6.45) is 1.49. The molecule has 0 atom stereocenters. The van der Waals surface area contributed by atoms with Gasteiger partial charge in [0.2, 0.25) is 0 Å². The summed E-state index contributed by atoms with van der Waals surface area (Å²) in [7, 11) is 0. The average molecular weight is 293 g/mol. The first-order chi connectivity index (χ1) is 7.19. The minimum Gasteiger partial charge on any atom is -0.462 e. The standard InChI is InChI=1S/C10H13BrO3S/c1-2-14-10(13)9-6-7(11)8(15-9)4-3-5-12/h6,12H,2-5H2,1H3.